The van der Waals surface area contributed by atoms with E-state index in [0.717, 1.165) is 0 Å². The van der Waals surface area contributed by atoms with Gasteiger partial charge in [0.05, 0.1) is 29.8 Å². The Labute approximate surface area is 97.3 Å². The SMILES string of the molecule is CC(CO)(CO)Nc1nc2ccc(F)cc2[nH]1. The molecule has 0 radical (unpaired) electrons. The second kappa shape index (κ2) is 4.31. The van der Waals surface area contributed by atoms with Crippen LogP contribution in [0.2, 0.25) is 0 Å². The number of imidazole rings is 1. The van der Waals surface area contributed by atoms with Crippen LogP contribution in [-0.2, 0) is 0 Å². The molecule has 0 amide bonds. The highest BCUT2D eigenvalue weighted by Crippen LogP contribution is 2.18. The molecule has 0 spiro atoms. The minimum absolute atomic E-state index is 0.241. The lowest BCUT2D eigenvalue weighted by molar-refractivity contribution is 0.147. The maximum Gasteiger partial charge on any atom is 0.201 e. The topological polar surface area (TPSA) is 81.2 Å². The minimum atomic E-state index is -0.869. The molecule has 0 unspecified atom stereocenters. The normalized spacial score (nSPS) is 12.0. The number of hydrogen-bond donors (Lipinski definition) is 4. The number of halogens is 1. The van der Waals surface area contributed by atoms with Gasteiger partial charge in [-0.05, 0) is 25.1 Å². The molecule has 5 nitrogen and oxygen atoms in total. The molecule has 1 heterocycles. The molecule has 0 aliphatic rings. The molecular formula is C11H14FN3O2. The number of aromatic amines is 1. The van der Waals surface area contributed by atoms with Gasteiger partial charge in [-0.1, -0.05) is 0 Å². The predicted molar refractivity (Wildman–Crippen MR) is 62.3 cm³/mol. The van der Waals surface area contributed by atoms with Gasteiger partial charge < -0.3 is 20.5 Å². The van der Waals surface area contributed by atoms with Gasteiger partial charge in [-0.25, -0.2) is 9.37 Å². The first-order valence-corrected chi connectivity index (χ1v) is 5.21. The number of aromatic nitrogens is 2. The van der Waals surface area contributed by atoms with Gasteiger partial charge in [0, 0.05) is 0 Å². The lowest BCUT2D eigenvalue weighted by atomic mass is 10.1. The molecule has 0 bridgehead atoms. The van der Waals surface area contributed by atoms with Crippen molar-refractivity contribution in [1.29, 1.82) is 0 Å². The van der Waals surface area contributed by atoms with Crippen LogP contribution < -0.4 is 5.32 Å². The molecule has 6 heteroatoms. The third-order valence-electron chi connectivity index (χ3n) is 2.56. The van der Waals surface area contributed by atoms with Crippen LogP contribution in [0.5, 0.6) is 0 Å². The Balaban J connectivity index is 2.31. The fourth-order valence-electron chi connectivity index (χ4n) is 1.46. The van der Waals surface area contributed by atoms with Gasteiger partial charge in [-0.15, -0.1) is 0 Å². The molecule has 0 aliphatic carbocycles. The highest BCUT2D eigenvalue weighted by Gasteiger charge is 2.23. The van der Waals surface area contributed by atoms with E-state index >= 15 is 0 Å². The zero-order valence-electron chi connectivity index (χ0n) is 9.37. The van der Waals surface area contributed by atoms with E-state index in [1.54, 1.807) is 13.0 Å². The number of nitrogens with one attached hydrogen (secondary N) is 2. The molecule has 0 atom stereocenters. The Hall–Kier alpha value is -1.66. The average Bonchev–Trinajstić information content (AvgIpc) is 2.70. The Morgan fingerprint density at radius 2 is 2.12 bits per heavy atom. The molecular weight excluding hydrogens is 225 g/mol. The van der Waals surface area contributed by atoms with Crippen LogP contribution in [0.15, 0.2) is 18.2 Å². The summed E-state index contributed by atoms with van der Waals surface area (Å²) in [6.45, 7) is 1.17. The van der Waals surface area contributed by atoms with Crippen molar-refractivity contribution >= 4 is 17.0 Å². The van der Waals surface area contributed by atoms with Gasteiger partial charge in [0.25, 0.3) is 0 Å². The van der Waals surface area contributed by atoms with Gasteiger partial charge >= 0.3 is 0 Å². The summed E-state index contributed by atoms with van der Waals surface area (Å²) in [5, 5.41) is 21.2. The van der Waals surface area contributed by atoms with E-state index < -0.39 is 5.54 Å². The molecule has 2 rings (SSSR count). The number of benzene rings is 1. The molecule has 4 N–H and O–H groups in total. The number of nitrogens with zero attached hydrogens (tertiary/aromatic N) is 1. The van der Waals surface area contributed by atoms with Crippen molar-refractivity contribution < 1.29 is 14.6 Å². The summed E-state index contributed by atoms with van der Waals surface area (Å²) in [6, 6.07) is 4.22. The molecule has 0 aliphatic heterocycles. The van der Waals surface area contributed by atoms with Crippen molar-refractivity contribution in [2.45, 2.75) is 12.5 Å². The number of hydrogen-bond acceptors (Lipinski definition) is 4. The standard InChI is InChI=1S/C11H14FN3O2/c1-11(5-16,6-17)15-10-13-8-3-2-7(12)4-9(8)14-10/h2-4,16-17H,5-6H2,1H3,(H2,13,14,15). The summed E-state index contributed by atoms with van der Waals surface area (Å²) in [7, 11) is 0. The largest absolute Gasteiger partial charge is 0.394 e. The van der Waals surface area contributed by atoms with E-state index in [9.17, 15) is 4.39 Å². The maximum absolute atomic E-state index is 13.0. The number of fused-ring (bicyclic) bond motifs is 1. The number of anilines is 1. The van der Waals surface area contributed by atoms with Crippen LogP contribution in [0.4, 0.5) is 10.3 Å². The maximum atomic E-state index is 13.0. The van der Waals surface area contributed by atoms with Gasteiger partial charge in [0.2, 0.25) is 5.95 Å². The van der Waals surface area contributed by atoms with Crippen molar-refractivity contribution in [3.05, 3.63) is 24.0 Å². The second-order valence-electron chi connectivity index (χ2n) is 4.25. The zero-order chi connectivity index (χ0) is 12.5. The summed E-state index contributed by atoms with van der Waals surface area (Å²) < 4.78 is 13.0. The van der Waals surface area contributed by atoms with Crippen molar-refractivity contribution in [2.75, 3.05) is 18.5 Å². The van der Waals surface area contributed by atoms with Crippen LogP contribution in [0, 0.1) is 5.82 Å². The van der Waals surface area contributed by atoms with Gasteiger partial charge in [0.15, 0.2) is 0 Å². The number of aliphatic hydroxyl groups excluding tert-OH is 2. The molecule has 1 aromatic carbocycles. The van der Waals surface area contributed by atoms with Crippen LogP contribution in [0.25, 0.3) is 11.0 Å². The van der Waals surface area contributed by atoms with E-state index in [1.807, 2.05) is 0 Å². The van der Waals surface area contributed by atoms with Gasteiger partial charge in [-0.3, -0.25) is 0 Å². The molecule has 0 saturated carbocycles. The first-order chi connectivity index (χ1) is 8.06. The van der Waals surface area contributed by atoms with E-state index in [1.165, 1.54) is 12.1 Å². The summed E-state index contributed by atoms with van der Waals surface area (Å²) in [5.74, 6) is 0.0379. The van der Waals surface area contributed by atoms with Crippen molar-refractivity contribution in [3.8, 4) is 0 Å². The number of aliphatic hydroxyl groups is 2. The van der Waals surface area contributed by atoms with Crippen molar-refractivity contribution in [3.63, 3.8) is 0 Å². The van der Waals surface area contributed by atoms with E-state index in [2.05, 4.69) is 15.3 Å². The lowest BCUT2D eigenvalue weighted by Crippen LogP contribution is -2.42. The Kier molecular flexibility index (Phi) is 2.99. The third kappa shape index (κ3) is 2.37. The molecule has 1 aromatic heterocycles. The van der Waals surface area contributed by atoms with Crippen LogP contribution in [-0.4, -0.2) is 38.9 Å². The summed E-state index contributed by atoms with van der Waals surface area (Å²) in [5.41, 5.74) is 0.310. The van der Waals surface area contributed by atoms with Crippen LogP contribution in [0.3, 0.4) is 0 Å². The second-order valence-corrected chi connectivity index (χ2v) is 4.25. The van der Waals surface area contributed by atoms with Crippen LogP contribution >= 0.6 is 0 Å². The summed E-state index contributed by atoms with van der Waals surface area (Å²) in [6.07, 6.45) is 0. The Morgan fingerprint density at radius 3 is 2.76 bits per heavy atom. The fraction of sp³-hybridized carbons (Fsp3) is 0.364. The molecule has 0 saturated heterocycles. The van der Waals surface area contributed by atoms with E-state index in [4.69, 9.17) is 10.2 Å². The molecule has 17 heavy (non-hydrogen) atoms. The quantitative estimate of drug-likeness (QED) is 0.638. The van der Waals surface area contributed by atoms with Crippen molar-refractivity contribution in [1.82, 2.24) is 9.97 Å². The summed E-state index contributed by atoms with van der Waals surface area (Å²) in [4.78, 5) is 7.06. The molecule has 0 fully saturated rings. The first-order valence-electron chi connectivity index (χ1n) is 5.21. The van der Waals surface area contributed by atoms with E-state index in [-0.39, 0.29) is 19.0 Å². The molecule has 2 aromatic rings. The highest BCUT2D eigenvalue weighted by molar-refractivity contribution is 5.77. The Morgan fingerprint density at radius 1 is 1.41 bits per heavy atom. The monoisotopic (exact) mass is 239 g/mol. The van der Waals surface area contributed by atoms with Gasteiger partial charge in [0.1, 0.15) is 5.82 Å². The number of rotatable bonds is 4. The number of H-pyrrole nitrogens is 1. The highest BCUT2D eigenvalue weighted by atomic mass is 19.1. The van der Waals surface area contributed by atoms with Crippen LogP contribution in [0.1, 0.15) is 6.92 Å². The van der Waals surface area contributed by atoms with E-state index in [0.29, 0.717) is 17.0 Å². The average molecular weight is 239 g/mol. The fourth-order valence-corrected chi connectivity index (χ4v) is 1.46. The lowest BCUT2D eigenvalue weighted by Gasteiger charge is -2.25. The third-order valence-corrected chi connectivity index (χ3v) is 2.56. The first kappa shape index (κ1) is 11.8. The summed E-state index contributed by atoms with van der Waals surface area (Å²) >= 11 is 0. The van der Waals surface area contributed by atoms with Crippen molar-refractivity contribution in [2.24, 2.45) is 0 Å². The predicted octanol–water partition coefficient (Wildman–Crippen LogP) is 0.857. The molecule has 92 valence electrons. The minimum Gasteiger partial charge on any atom is -0.394 e. The van der Waals surface area contributed by atoms with Gasteiger partial charge in [-0.2, -0.15) is 0 Å². The smallest absolute Gasteiger partial charge is 0.201 e. The zero-order valence-corrected chi connectivity index (χ0v) is 9.37. The Bertz CT molecular complexity index is 522.